The molecule has 0 radical (unpaired) electrons. The number of carbonyl (C=O) groups is 1. The van der Waals surface area contributed by atoms with Crippen LogP contribution >= 0.6 is 22.7 Å². The van der Waals surface area contributed by atoms with E-state index in [1.54, 1.807) is 25.6 Å². The van der Waals surface area contributed by atoms with Gasteiger partial charge in [-0.05, 0) is 37.1 Å². The van der Waals surface area contributed by atoms with Gasteiger partial charge < -0.3 is 14.2 Å². The summed E-state index contributed by atoms with van der Waals surface area (Å²) in [5.41, 5.74) is 2.08. The molecule has 0 saturated heterocycles. The summed E-state index contributed by atoms with van der Waals surface area (Å²) in [6, 6.07) is 13.8. The van der Waals surface area contributed by atoms with Gasteiger partial charge >= 0.3 is 5.97 Å². The first-order valence-corrected chi connectivity index (χ1v) is 13.0. The van der Waals surface area contributed by atoms with Gasteiger partial charge in [0.2, 0.25) is 0 Å². The zero-order valence-corrected chi connectivity index (χ0v) is 20.8. The minimum atomic E-state index is -0.497. The molecule has 2 heterocycles. The number of rotatable bonds is 8. The van der Waals surface area contributed by atoms with Crippen molar-refractivity contribution in [2.24, 2.45) is 5.41 Å². The molecule has 1 fully saturated rings. The summed E-state index contributed by atoms with van der Waals surface area (Å²) in [4.78, 5) is 22.8. The van der Waals surface area contributed by atoms with E-state index in [0.29, 0.717) is 17.9 Å². The lowest BCUT2D eigenvalue weighted by molar-refractivity contribution is -0.157. The Kier molecular flexibility index (Phi) is 6.52. The number of para-hydroxylation sites is 2. The average molecular weight is 495 g/mol. The van der Waals surface area contributed by atoms with E-state index >= 15 is 0 Å². The van der Waals surface area contributed by atoms with E-state index in [0.717, 1.165) is 57.2 Å². The zero-order valence-electron chi connectivity index (χ0n) is 19.2. The first-order valence-electron chi connectivity index (χ1n) is 11.3. The number of aromatic nitrogens is 2. The van der Waals surface area contributed by atoms with Crippen molar-refractivity contribution in [1.29, 1.82) is 0 Å². The number of ether oxygens (including phenoxy) is 3. The van der Waals surface area contributed by atoms with Crippen LogP contribution in [0.2, 0.25) is 0 Å². The Hall–Kier alpha value is -2.97. The SMILES string of the molecule is COc1cccc(-c2nc(COC(=O)C3(Cc4nc5ccccc5s4)CCCC3)cs2)c1OC. The molecular formula is C26H26N2O4S2. The standard InChI is InChI=1S/C26H26N2O4S2/c1-30-20-10-7-8-18(23(20)31-2)24-27-17(16-33-24)15-32-25(29)26(12-5-6-13-26)14-22-28-19-9-3-4-11-21(19)34-22/h3-4,7-11,16H,5-6,12-15H2,1-2H3. The lowest BCUT2D eigenvalue weighted by Gasteiger charge is -2.25. The maximum Gasteiger partial charge on any atom is 0.312 e. The quantitative estimate of drug-likeness (QED) is 0.268. The molecule has 2 aromatic heterocycles. The van der Waals surface area contributed by atoms with Gasteiger partial charge in [0.15, 0.2) is 11.5 Å². The predicted molar refractivity (Wildman–Crippen MR) is 135 cm³/mol. The number of fused-ring (bicyclic) bond motifs is 1. The van der Waals surface area contributed by atoms with Crippen LogP contribution < -0.4 is 9.47 Å². The Morgan fingerprint density at radius 3 is 2.62 bits per heavy atom. The predicted octanol–water partition coefficient (Wildman–Crippen LogP) is 6.28. The Morgan fingerprint density at radius 1 is 1.03 bits per heavy atom. The Balaban J connectivity index is 1.30. The van der Waals surface area contributed by atoms with Crippen LogP contribution in [-0.2, 0) is 22.6 Å². The van der Waals surface area contributed by atoms with E-state index in [2.05, 4.69) is 6.07 Å². The number of thiazole rings is 2. The Bertz CT molecular complexity index is 1270. The molecule has 176 valence electrons. The summed E-state index contributed by atoms with van der Waals surface area (Å²) in [6.45, 7) is 0.156. The molecule has 0 amide bonds. The summed E-state index contributed by atoms with van der Waals surface area (Å²) in [5.74, 6) is 1.16. The van der Waals surface area contributed by atoms with Gasteiger partial charge in [-0.15, -0.1) is 22.7 Å². The van der Waals surface area contributed by atoms with Crippen LogP contribution in [0.25, 0.3) is 20.8 Å². The molecule has 4 aromatic rings. The van der Waals surface area contributed by atoms with Crippen molar-refractivity contribution >= 4 is 38.9 Å². The molecule has 0 atom stereocenters. The summed E-state index contributed by atoms with van der Waals surface area (Å²) in [5, 5.41) is 3.73. The maximum atomic E-state index is 13.3. The number of carbonyl (C=O) groups excluding carboxylic acids is 1. The molecule has 8 heteroatoms. The van der Waals surface area contributed by atoms with Crippen LogP contribution in [-0.4, -0.2) is 30.2 Å². The zero-order chi connectivity index (χ0) is 23.5. The summed E-state index contributed by atoms with van der Waals surface area (Å²) in [7, 11) is 3.23. The molecule has 0 bridgehead atoms. The maximum absolute atomic E-state index is 13.3. The van der Waals surface area contributed by atoms with E-state index < -0.39 is 5.41 Å². The molecule has 5 rings (SSSR count). The number of esters is 1. The van der Waals surface area contributed by atoms with Crippen LogP contribution in [0.15, 0.2) is 47.8 Å². The lowest BCUT2D eigenvalue weighted by atomic mass is 9.83. The van der Waals surface area contributed by atoms with E-state index in [-0.39, 0.29) is 12.6 Å². The van der Waals surface area contributed by atoms with Crippen molar-refractivity contribution in [1.82, 2.24) is 9.97 Å². The number of nitrogens with zero attached hydrogens (tertiary/aromatic N) is 2. The van der Waals surface area contributed by atoms with Crippen molar-refractivity contribution in [3.63, 3.8) is 0 Å². The van der Waals surface area contributed by atoms with Crippen molar-refractivity contribution < 1.29 is 19.0 Å². The Morgan fingerprint density at radius 2 is 1.85 bits per heavy atom. The third-order valence-corrected chi connectivity index (χ3v) is 8.32. The highest BCUT2D eigenvalue weighted by molar-refractivity contribution is 7.18. The molecule has 2 aromatic carbocycles. The fraction of sp³-hybridized carbons (Fsp3) is 0.346. The first-order chi connectivity index (χ1) is 16.6. The average Bonchev–Trinajstić information content (AvgIpc) is 3.62. The fourth-order valence-electron chi connectivity index (χ4n) is 4.63. The summed E-state index contributed by atoms with van der Waals surface area (Å²) >= 11 is 3.16. The molecule has 1 aliphatic rings. The number of hydrogen-bond acceptors (Lipinski definition) is 8. The second-order valence-electron chi connectivity index (χ2n) is 8.50. The monoisotopic (exact) mass is 494 g/mol. The van der Waals surface area contributed by atoms with Gasteiger partial charge in [0.1, 0.15) is 11.6 Å². The van der Waals surface area contributed by atoms with Gasteiger partial charge in [0, 0.05) is 11.8 Å². The summed E-state index contributed by atoms with van der Waals surface area (Å²) < 4.78 is 17.9. The highest BCUT2D eigenvalue weighted by atomic mass is 32.1. The molecule has 0 spiro atoms. The molecule has 0 N–H and O–H groups in total. The lowest BCUT2D eigenvalue weighted by Crippen LogP contribution is -2.32. The van der Waals surface area contributed by atoms with Gasteiger partial charge in [-0.25, -0.2) is 9.97 Å². The molecule has 0 aliphatic heterocycles. The van der Waals surface area contributed by atoms with Crippen molar-refractivity contribution in [3.05, 3.63) is 58.5 Å². The van der Waals surface area contributed by atoms with Crippen LogP contribution in [0.3, 0.4) is 0 Å². The molecule has 0 unspecified atom stereocenters. The molecular weight excluding hydrogens is 468 g/mol. The van der Waals surface area contributed by atoms with Gasteiger partial charge in [-0.3, -0.25) is 4.79 Å². The van der Waals surface area contributed by atoms with Crippen LogP contribution in [0, 0.1) is 5.41 Å². The number of benzene rings is 2. The molecule has 34 heavy (non-hydrogen) atoms. The van der Waals surface area contributed by atoms with Crippen molar-refractivity contribution in [2.75, 3.05) is 14.2 Å². The van der Waals surface area contributed by atoms with E-state index in [1.807, 2.05) is 41.8 Å². The molecule has 1 saturated carbocycles. The fourth-order valence-corrected chi connectivity index (χ4v) is 6.57. The normalized spacial score (nSPS) is 14.9. The van der Waals surface area contributed by atoms with Crippen LogP contribution in [0.1, 0.15) is 36.4 Å². The van der Waals surface area contributed by atoms with Crippen LogP contribution in [0.5, 0.6) is 11.5 Å². The van der Waals surface area contributed by atoms with Crippen molar-refractivity contribution in [3.8, 4) is 22.1 Å². The highest BCUT2D eigenvalue weighted by Gasteiger charge is 2.43. The van der Waals surface area contributed by atoms with Gasteiger partial charge in [-0.2, -0.15) is 0 Å². The molecule has 6 nitrogen and oxygen atoms in total. The highest BCUT2D eigenvalue weighted by Crippen LogP contribution is 2.44. The number of hydrogen-bond donors (Lipinski definition) is 0. The van der Waals surface area contributed by atoms with Gasteiger partial charge in [-0.1, -0.05) is 31.0 Å². The second kappa shape index (κ2) is 9.72. The molecule has 1 aliphatic carbocycles. The van der Waals surface area contributed by atoms with E-state index in [1.165, 1.54) is 11.3 Å². The van der Waals surface area contributed by atoms with Gasteiger partial charge in [0.25, 0.3) is 0 Å². The third-order valence-electron chi connectivity index (χ3n) is 6.36. The van der Waals surface area contributed by atoms with E-state index in [9.17, 15) is 4.79 Å². The first kappa shape index (κ1) is 22.8. The van der Waals surface area contributed by atoms with E-state index in [4.69, 9.17) is 24.2 Å². The minimum absolute atomic E-state index is 0.141. The largest absolute Gasteiger partial charge is 0.493 e. The van der Waals surface area contributed by atoms with Crippen LogP contribution in [0.4, 0.5) is 0 Å². The topological polar surface area (TPSA) is 70.5 Å². The second-order valence-corrected chi connectivity index (χ2v) is 10.5. The smallest absolute Gasteiger partial charge is 0.312 e. The Labute approximate surface area is 206 Å². The minimum Gasteiger partial charge on any atom is -0.493 e. The third kappa shape index (κ3) is 4.40. The summed E-state index contributed by atoms with van der Waals surface area (Å²) in [6.07, 6.45) is 4.39. The number of methoxy groups -OCH3 is 2. The van der Waals surface area contributed by atoms with Crippen molar-refractivity contribution in [2.45, 2.75) is 38.7 Å². The van der Waals surface area contributed by atoms with Gasteiger partial charge in [0.05, 0.1) is 46.1 Å².